The van der Waals surface area contributed by atoms with Crippen molar-refractivity contribution >= 4 is 17.5 Å². The lowest BCUT2D eigenvalue weighted by Gasteiger charge is -2.07. The summed E-state index contributed by atoms with van der Waals surface area (Å²) in [5.74, 6) is 0. The normalized spacial score (nSPS) is 12.6. The summed E-state index contributed by atoms with van der Waals surface area (Å²) in [7, 11) is 1.74. The van der Waals surface area contributed by atoms with Crippen molar-refractivity contribution < 1.29 is 0 Å². The summed E-state index contributed by atoms with van der Waals surface area (Å²) in [6.45, 7) is 14.9. The summed E-state index contributed by atoms with van der Waals surface area (Å²) < 4.78 is 0. The Labute approximate surface area is 102 Å². The molecule has 0 aliphatic rings. The number of hydrogen-bond acceptors (Lipinski definition) is 2. The monoisotopic (exact) mass is 231 g/mol. The molecule has 0 spiro atoms. The molecule has 0 aliphatic heterocycles. The third-order valence-corrected chi connectivity index (χ3v) is 2.34. The van der Waals surface area contributed by atoms with Crippen molar-refractivity contribution in [2.75, 3.05) is 7.05 Å². The van der Waals surface area contributed by atoms with Crippen LogP contribution in [0.5, 0.6) is 0 Å². The smallest absolute Gasteiger partial charge is 0.0776 e. The van der Waals surface area contributed by atoms with E-state index in [0.29, 0.717) is 0 Å². The van der Waals surface area contributed by atoms with E-state index in [2.05, 4.69) is 31.3 Å². The molecule has 0 N–H and O–H groups in total. The summed E-state index contributed by atoms with van der Waals surface area (Å²) in [5.41, 5.74) is 1.79. The van der Waals surface area contributed by atoms with Crippen molar-refractivity contribution in [3.05, 3.63) is 72.6 Å². The Kier molecular flexibility index (Phi) is 7.90. The zero-order valence-corrected chi connectivity index (χ0v) is 10.5. The van der Waals surface area contributed by atoms with Crippen LogP contribution in [0.25, 0.3) is 0 Å². The zero-order valence-electron chi connectivity index (χ0n) is 9.65. The Morgan fingerprint density at radius 1 is 1.19 bits per heavy atom. The van der Waals surface area contributed by atoms with E-state index in [0.717, 1.165) is 16.2 Å². The van der Waals surface area contributed by atoms with Crippen LogP contribution in [0, 0.1) is 0 Å². The molecule has 0 heterocycles. The summed E-state index contributed by atoms with van der Waals surface area (Å²) in [6.07, 6.45) is 9.10. The Balaban J connectivity index is 5.16. The van der Waals surface area contributed by atoms with Crippen molar-refractivity contribution in [2.45, 2.75) is 0 Å². The van der Waals surface area contributed by atoms with E-state index in [1.165, 1.54) is 11.8 Å². The fourth-order valence-electron chi connectivity index (χ4n) is 1.08. The highest BCUT2D eigenvalue weighted by Crippen LogP contribution is 2.20. The van der Waals surface area contributed by atoms with Crippen LogP contribution in [-0.4, -0.2) is 12.8 Å². The first-order valence-electron chi connectivity index (χ1n) is 4.77. The van der Waals surface area contributed by atoms with Crippen LogP contribution >= 0.6 is 11.8 Å². The number of hydrogen-bond donors (Lipinski definition) is 0. The van der Waals surface area contributed by atoms with Crippen molar-refractivity contribution in [1.82, 2.24) is 0 Å². The second-order valence-corrected chi connectivity index (χ2v) is 3.79. The average molecular weight is 231 g/mol. The highest BCUT2D eigenvalue weighted by atomic mass is 32.2. The van der Waals surface area contributed by atoms with Gasteiger partial charge in [-0.3, -0.25) is 4.99 Å². The first-order valence-corrected chi connectivity index (χ1v) is 5.65. The molecule has 0 fully saturated rings. The molecule has 0 atom stereocenters. The SMILES string of the molecule is C=C/C=C\C(=C/C=C)C(=NC)C(=C)SC=C. The zero-order chi connectivity index (χ0) is 12.4. The Morgan fingerprint density at radius 2 is 1.88 bits per heavy atom. The summed E-state index contributed by atoms with van der Waals surface area (Å²) >= 11 is 1.46. The Morgan fingerprint density at radius 3 is 2.31 bits per heavy atom. The fraction of sp³-hybridized carbons (Fsp3) is 0.0714. The molecule has 0 rings (SSSR count). The lowest BCUT2D eigenvalue weighted by molar-refractivity contribution is 1.43. The molecule has 1 nitrogen and oxygen atoms in total. The van der Waals surface area contributed by atoms with E-state index in [4.69, 9.17) is 0 Å². The van der Waals surface area contributed by atoms with E-state index in [1.54, 1.807) is 24.6 Å². The van der Waals surface area contributed by atoms with Gasteiger partial charge in [-0.25, -0.2) is 0 Å². The van der Waals surface area contributed by atoms with Gasteiger partial charge in [-0.2, -0.15) is 0 Å². The van der Waals surface area contributed by atoms with Crippen LogP contribution < -0.4 is 0 Å². The standard InChI is InChI=1S/C14H17NS/c1-6-9-11-13(10-7-2)14(15-5)12(4)16-8-3/h6-11H,1-4H2,5H3/b11-9-,13-10+,15-14?. The largest absolute Gasteiger partial charge is 0.287 e. The third-order valence-electron chi connectivity index (χ3n) is 1.70. The second-order valence-electron chi connectivity index (χ2n) is 2.73. The van der Waals surface area contributed by atoms with Gasteiger partial charge in [0.15, 0.2) is 0 Å². The predicted octanol–water partition coefficient (Wildman–Crippen LogP) is 4.30. The van der Waals surface area contributed by atoms with Gasteiger partial charge in [-0.1, -0.05) is 68.5 Å². The molecule has 0 bridgehead atoms. The number of thioether (sulfide) groups is 1. The van der Waals surface area contributed by atoms with Crippen molar-refractivity contribution in [3.63, 3.8) is 0 Å². The van der Waals surface area contributed by atoms with E-state index in [9.17, 15) is 0 Å². The third kappa shape index (κ3) is 4.80. The van der Waals surface area contributed by atoms with Crippen molar-refractivity contribution in [1.29, 1.82) is 0 Å². The average Bonchev–Trinajstić information content (AvgIpc) is 2.27. The molecular formula is C14H17NS. The Hall–Kier alpha value is -1.54. The topological polar surface area (TPSA) is 12.4 Å². The van der Waals surface area contributed by atoms with Gasteiger partial charge >= 0.3 is 0 Å². The van der Waals surface area contributed by atoms with E-state index < -0.39 is 0 Å². The van der Waals surface area contributed by atoms with Gasteiger partial charge in [0, 0.05) is 17.5 Å². The van der Waals surface area contributed by atoms with Crippen molar-refractivity contribution in [2.24, 2.45) is 4.99 Å². The molecule has 0 aromatic rings. The molecule has 84 valence electrons. The van der Waals surface area contributed by atoms with Crippen LogP contribution in [0.4, 0.5) is 0 Å². The maximum atomic E-state index is 4.23. The molecular weight excluding hydrogens is 214 g/mol. The molecule has 0 unspecified atom stereocenters. The first kappa shape index (κ1) is 14.5. The molecule has 2 heteroatoms. The van der Waals surface area contributed by atoms with Gasteiger partial charge in [0.25, 0.3) is 0 Å². The van der Waals surface area contributed by atoms with Gasteiger partial charge < -0.3 is 0 Å². The van der Waals surface area contributed by atoms with Gasteiger partial charge in [0.05, 0.1) is 5.71 Å². The van der Waals surface area contributed by atoms with E-state index in [1.807, 2.05) is 18.2 Å². The number of aliphatic imine (C=N–C) groups is 1. The minimum absolute atomic E-state index is 0.836. The van der Waals surface area contributed by atoms with Gasteiger partial charge in [0.1, 0.15) is 0 Å². The summed E-state index contributed by atoms with van der Waals surface area (Å²) in [5, 5.41) is 1.73. The van der Waals surface area contributed by atoms with Crippen LogP contribution in [0.2, 0.25) is 0 Å². The quantitative estimate of drug-likeness (QED) is 0.470. The fourth-order valence-corrected chi connectivity index (χ4v) is 1.61. The van der Waals surface area contributed by atoms with Crippen LogP contribution in [0.1, 0.15) is 0 Å². The summed E-state index contributed by atoms with van der Waals surface area (Å²) in [4.78, 5) is 5.09. The van der Waals surface area contributed by atoms with E-state index >= 15 is 0 Å². The lowest BCUT2D eigenvalue weighted by atomic mass is 10.1. The lowest BCUT2D eigenvalue weighted by Crippen LogP contribution is -2.01. The van der Waals surface area contributed by atoms with Crippen LogP contribution in [-0.2, 0) is 0 Å². The molecule has 16 heavy (non-hydrogen) atoms. The van der Waals surface area contributed by atoms with Crippen LogP contribution in [0.3, 0.4) is 0 Å². The van der Waals surface area contributed by atoms with Crippen LogP contribution in [0.15, 0.2) is 77.6 Å². The summed E-state index contributed by atoms with van der Waals surface area (Å²) in [6, 6.07) is 0. The number of allylic oxidation sites excluding steroid dienone is 7. The second kappa shape index (κ2) is 8.74. The highest BCUT2D eigenvalue weighted by Gasteiger charge is 2.06. The molecule has 0 saturated carbocycles. The maximum absolute atomic E-state index is 4.23. The Bertz CT molecular complexity index is 370. The van der Waals surface area contributed by atoms with Gasteiger partial charge in [-0.05, 0) is 5.41 Å². The first-order chi connectivity index (χ1) is 7.71. The highest BCUT2D eigenvalue weighted by molar-refractivity contribution is 8.06. The number of rotatable bonds is 7. The molecule has 0 aliphatic carbocycles. The molecule has 0 radical (unpaired) electrons. The maximum Gasteiger partial charge on any atom is 0.0776 e. The number of nitrogens with zero attached hydrogens (tertiary/aromatic N) is 1. The molecule has 0 aromatic heterocycles. The van der Waals surface area contributed by atoms with Gasteiger partial charge in [-0.15, -0.1) is 0 Å². The molecule has 0 aromatic carbocycles. The van der Waals surface area contributed by atoms with E-state index in [-0.39, 0.29) is 0 Å². The predicted molar refractivity (Wildman–Crippen MR) is 77.9 cm³/mol. The minimum Gasteiger partial charge on any atom is -0.287 e. The van der Waals surface area contributed by atoms with Gasteiger partial charge in [0.2, 0.25) is 0 Å². The molecule has 0 amide bonds. The minimum atomic E-state index is 0.836. The van der Waals surface area contributed by atoms with Crippen molar-refractivity contribution in [3.8, 4) is 0 Å². The molecule has 0 saturated heterocycles.